The summed E-state index contributed by atoms with van der Waals surface area (Å²) in [5.74, 6) is 0.219. The lowest BCUT2D eigenvalue weighted by atomic mass is 9.89. The molecule has 1 aromatic heterocycles. The lowest BCUT2D eigenvalue weighted by Gasteiger charge is -2.21. The van der Waals surface area contributed by atoms with Crippen LogP contribution in [0, 0.1) is 0 Å². The first-order valence-corrected chi connectivity index (χ1v) is 9.89. The van der Waals surface area contributed by atoms with Crippen LogP contribution in [0.15, 0.2) is 23.1 Å². The van der Waals surface area contributed by atoms with Crippen molar-refractivity contribution in [3.05, 3.63) is 34.3 Å². The highest BCUT2D eigenvalue weighted by Crippen LogP contribution is 2.27. The van der Waals surface area contributed by atoms with E-state index < -0.39 is 10.0 Å². The molecule has 1 heterocycles. The van der Waals surface area contributed by atoms with Crippen LogP contribution in [0.25, 0.3) is 0 Å². The van der Waals surface area contributed by atoms with Crippen molar-refractivity contribution in [1.82, 2.24) is 10.2 Å². The molecule has 8 heteroatoms. The fourth-order valence-corrected chi connectivity index (χ4v) is 4.64. The van der Waals surface area contributed by atoms with E-state index >= 15 is 0 Å². The molecule has 0 spiro atoms. The largest absolute Gasteiger partial charge is 0.327 e. The number of nitrogens with one attached hydrogen (secondary N) is 1. The van der Waals surface area contributed by atoms with Crippen LogP contribution in [0.5, 0.6) is 0 Å². The summed E-state index contributed by atoms with van der Waals surface area (Å²) in [7, 11) is -3.66. The fourth-order valence-electron chi connectivity index (χ4n) is 2.61. The highest BCUT2D eigenvalue weighted by molar-refractivity contribution is 7.93. The summed E-state index contributed by atoms with van der Waals surface area (Å²) < 4.78 is 27.6. The zero-order chi connectivity index (χ0) is 16.6. The van der Waals surface area contributed by atoms with Crippen molar-refractivity contribution in [1.29, 1.82) is 0 Å². The molecule has 0 fully saturated rings. The van der Waals surface area contributed by atoms with E-state index in [1.807, 2.05) is 19.9 Å². The lowest BCUT2D eigenvalue weighted by molar-refractivity contribution is 0.573. The average Bonchev–Trinajstić information content (AvgIpc) is 2.94. The third kappa shape index (κ3) is 3.54. The minimum atomic E-state index is -3.66. The van der Waals surface area contributed by atoms with Gasteiger partial charge in [0.1, 0.15) is 5.01 Å². The summed E-state index contributed by atoms with van der Waals surface area (Å²) in [4.78, 5) is 0.242. The van der Waals surface area contributed by atoms with Gasteiger partial charge in [0, 0.05) is 12.0 Å². The van der Waals surface area contributed by atoms with Crippen LogP contribution in [0.3, 0.4) is 0 Å². The number of benzene rings is 1. The van der Waals surface area contributed by atoms with Crippen LogP contribution in [0.4, 0.5) is 5.13 Å². The summed E-state index contributed by atoms with van der Waals surface area (Å²) in [6.07, 6.45) is 2.56. The molecule has 1 aromatic carbocycles. The standard InChI is InChI=1S/C15H20N4O2S2/c1-9(2)14-17-18-15(22-14)19-23(20,21)13-6-4-10-3-5-12(16)7-11(10)8-13/h4,6,8-9,12H,3,5,7,16H2,1-2H3,(H,18,19)/t12-/m0/s1. The van der Waals surface area contributed by atoms with Gasteiger partial charge in [-0.1, -0.05) is 31.3 Å². The minimum absolute atomic E-state index is 0.102. The predicted molar refractivity (Wildman–Crippen MR) is 91.2 cm³/mol. The number of nitrogens with two attached hydrogens (primary N) is 1. The Bertz CT molecular complexity index is 815. The third-order valence-corrected chi connectivity index (χ3v) is 6.52. The number of aromatic nitrogens is 2. The molecule has 0 bridgehead atoms. The number of nitrogens with zero attached hydrogens (tertiary/aromatic N) is 2. The number of hydrogen-bond donors (Lipinski definition) is 2. The van der Waals surface area contributed by atoms with Crippen molar-refractivity contribution in [2.75, 3.05) is 4.72 Å². The van der Waals surface area contributed by atoms with Gasteiger partial charge in [-0.25, -0.2) is 8.42 Å². The Hall–Kier alpha value is -1.51. The van der Waals surface area contributed by atoms with Crippen LogP contribution < -0.4 is 10.5 Å². The SMILES string of the molecule is CC(C)c1nnc(NS(=O)(=O)c2ccc3c(c2)C[C@@H](N)CC3)s1. The number of fused-ring (bicyclic) bond motifs is 1. The van der Waals surface area contributed by atoms with Crippen LogP contribution in [0.2, 0.25) is 0 Å². The monoisotopic (exact) mass is 352 g/mol. The molecule has 0 saturated heterocycles. The fraction of sp³-hybridized carbons (Fsp3) is 0.467. The van der Waals surface area contributed by atoms with E-state index in [1.165, 1.54) is 16.9 Å². The summed E-state index contributed by atoms with van der Waals surface area (Å²) in [5.41, 5.74) is 8.19. The second-order valence-electron chi connectivity index (χ2n) is 6.14. The van der Waals surface area contributed by atoms with Crippen LogP contribution >= 0.6 is 11.3 Å². The number of anilines is 1. The van der Waals surface area contributed by atoms with E-state index in [9.17, 15) is 8.42 Å². The van der Waals surface area contributed by atoms with Crippen molar-refractivity contribution < 1.29 is 8.42 Å². The Morgan fingerprint density at radius 3 is 2.78 bits per heavy atom. The van der Waals surface area contributed by atoms with Gasteiger partial charge < -0.3 is 5.73 Å². The molecule has 124 valence electrons. The van der Waals surface area contributed by atoms with Crippen molar-refractivity contribution in [3.63, 3.8) is 0 Å². The number of hydrogen-bond acceptors (Lipinski definition) is 6. The molecule has 1 aliphatic rings. The minimum Gasteiger partial charge on any atom is -0.327 e. The van der Waals surface area contributed by atoms with E-state index in [0.29, 0.717) is 5.13 Å². The Morgan fingerprint density at radius 2 is 2.09 bits per heavy atom. The van der Waals surface area contributed by atoms with Crippen LogP contribution in [-0.2, 0) is 22.9 Å². The van der Waals surface area contributed by atoms with Gasteiger partial charge in [-0.2, -0.15) is 0 Å². The Balaban J connectivity index is 1.86. The van der Waals surface area contributed by atoms with E-state index in [1.54, 1.807) is 12.1 Å². The number of aryl methyl sites for hydroxylation is 1. The predicted octanol–water partition coefficient (Wildman–Crippen LogP) is 2.28. The molecule has 23 heavy (non-hydrogen) atoms. The summed E-state index contributed by atoms with van der Waals surface area (Å²) >= 11 is 1.26. The van der Waals surface area contributed by atoms with Gasteiger partial charge >= 0.3 is 0 Å². The molecule has 0 saturated carbocycles. The van der Waals surface area contributed by atoms with Gasteiger partial charge in [-0.15, -0.1) is 10.2 Å². The van der Waals surface area contributed by atoms with Crippen molar-refractivity contribution >= 4 is 26.5 Å². The molecule has 2 aromatic rings. The molecule has 3 N–H and O–H groups in total. The highest BCUT2D eigenvalue weighted by atomic mass is 32.2. The average molecular weight is 352 g/mol. The first kappa shape index (κ1) is 16.4. The van der Waals surface area contributed by atoms with Crippen molar-refractivity contribution in [2.45, 2.75) is 50.0 Å². The molecule has 1 atom stereocenters. The van der Waals surface area contributed by atoms with Gasteiger partial charge in [-0.05, 0) is 42.5 Å². The second-order valence-corrected chi connectivity index (χ2v) is 8.83. The number of sulfonamides is 1. The molecule has 0 aliphatic heterocycles. The topological polar surface area (TPSA) is 98.0 Å². The molecule has 0 radical (unpaired) electrons. The Kier molecular flexibility index (Phi) is 4.39. The van der Waals surface area contributed by atoms with Gasteiger partial charge in [0.15, 0.2) is 0 Å². The zero-order valence-electron chi connectivity index (χ0n) is 13.1. The van der Waals surface area contributed by atoms with E-state index in [0.717, 1.165) is 29.8 Å². The molecular weight excluding hydrogens is 332 g/mol. The van der Waals surface area contributed by atoms with Gasteiger partial charge in [0.05, 0.1) is 4.90 Å². The molecule has 6 nitrogen and oxygen atoms in total. The van der Waals surface area contributed by atoms with Gasteiger partial charge in [-0.3, -0.25) is 4.72 Å². The second kappa shape index (κ2) is 6.18. The number of rotatable bonds is 4. The molecule has 3 rings (SSSR count). The van der Waals surface area contributed by atoms with E-state index in [4.69, 9.17) is 5.73 Å². The maximum absolute atomic E-state index is 12.5. The quantitative estimate of drug-likeness (QED) is 0.879. The smallest absolute Gasteiger partial charge is 0.263 e. The molecule has 1 aliphatic carbocycles. The van der Waals surface area contributed by atoms with Crippen molar-refractivity contribution in [3.8, 4) is 0 Å². The van der Waals surface area contributed by atoms with E-state index in [-0.39, 0.29) is 16.9 Å². The maximum atomic E-state index is 12.5. The summed E-state index contributed by atoms with van der Waals surface area (Å²) in [6, 6.07) is 5.35. The van der Waals surface area contributed by atoms with Crippen LogP contribution in [-0.4, -0.2) is 24.7 Å². The third-order valence-electron chi connectivity index (χ3n) is 3.91. The summed E-state index contributed by atoms with van der Waals surface area (Å²) in [5, 5.41) is 9.00. The molecule has 0 unspecified atom stereocenters. The van der Waals surface area contributed by atoms with E-state index in [2.05, 4.69) is 14.9 Å². The van der Waals surface area contributed by atoms with Gasteiger partial charge in [0.25, 0.3) is 10.0 Å². The van der Waals surface area contributed by atoms with Gasteiger partial charge in [0.2, 0.25) is 5.13 Å². The molecular formula is C15H20N4O2S2. The van der Waals surface area contributed by atoms with Crippen LogP contribution in [0.1, 0.15) is 42.3 Å². The zero-order valence-corrected chi connectivity index (χ0v) is 14.7. The first-order chi connectivity index (χ1) is 10.8. The Labute approximate surface area is 140 Å². The molecule has 0 amide bonds. The normalized spacial score (nSPS) is 18.0. The first-order valence-electron chi connectivity index (χ1n) is 7.59. The Morgan fingerprint density at radius 1 is 1.30 bits per heavy atom. The van der Waals surface area contributed by atoms with Crippen molar-refractivity contribution in [2.24, 2.45) is 5.73 Å². The lowest BCUT2D eigenvalue weighted by Crippen LogP contribution is -2.28. The highest BCUT2D eigenvalue weighted by Gasteiger charge is 2.21. The maximum Gasteiger partial charge on any atom is 0.263 e. The summed E-state index contributed by atoms with van der Waals surface area (Å²) in [6.45, 7) is 3.98.